The van der Waals surface area contributed by atoms with Crippen LogP contribution >= 0.6 is 15.9 Å². The summed E-state index contributed by atoms with van der Waals surface area (Å²) >= 11 is 3.18. The fourth-order valence-electron chi connectivity index (χ4n) is 2.18. The highest BCUT2D eigenvalue weighted by Crippen LogP contribution is 2.33. The van der Waals surface area contributed by atoms with Gasteiger partial charge in [-0.3, -0.25) is 0 Å². The summed E-state index contributed by atoms with van der Waals surface area (Å²) in [4.78, 5) is 15.9. The molecule has 1 aromatic carbocycles. The molecule has 0 saturated carbocycles. The minimum atomic E-state index is -4.44. The quantitative estimate of drug-likeness (QED) is 0.734. The molecule has 0 amide bonds. The molecule has 23 heavy (non-hydrogen) atoms. The molecule has 0 N–H and O–H groups in total. The fraction of sp³-hybridized carbons (Fsp3) is 0.333. The first-order valence-electron chi connectivity index (χ1n) is 6.80. The van der Waals surface area contributed by atoms with Gasteiger partial charge < -0.3 is 9.30 Å². The van der Waals surface area contributed by atoms with Crippen molar-refractivity contribution in [2.24, 2.45) is 0 Å². The lowest BCUT2D eigenvalue weighted by molar-refractivity contribution is -0.138. The Hall–Kier alpha value is -1.83. The van der Waals surface area contributed by atoms with E-state index in [0.717, 1.165) is 6.07 Å². The van der Waals surface area contributed by atoms with E-state index in [1.165, 1.54) is 22.8 Å². The monoisotopic (exact) mass is 390 g/mol. The molecule has 0 aliphatic rings. The zero-order valence-electron chi connectivity index (χ0n) is 12.4. The molecule has 0 radical (unpaired) electrons. The Balaban J connectivity index is 2.41. The Morgan fingerprint density at radius 2 is 2.00 bits per heavy atom. The Morgan fingerprint density at radius 1 is 1.35 bits per heavy atom. The molecule has 0 bridgehead atoms. The van der Waals surface area contributed by atoms with Crippen LogP contribution in [0.25, 0.3) is 0 Å². The van der Waals surface area contributed by atoms with Crippen molar-refractivity contribution in [3.05, 3.63) is 51.5 Å². The number of benzene rings is 1. The number of alkyl halides is 3. The minimum Gasteiger partial charge on any atom is -0.461 e. The fourth-order valence-corrected chi connectivity index (χ4v) is 2.75. The predicted molar refractivity (Wildman–Crippen MR) is 81.2 cm³/mol. The normalized spacial score (nSPS) is 11.6. The summed E-state index contributed by atoms with van der Waals surface area (Å²) in [5.41, 5.74) is -0.0928. The van der Waals surface area contributed by atoms with Crippen LogP contribution in [0.4, 0.5) is 13.2 Å². The molecule has 2 aromatic rings. The highest BCUT2D eigenvalue weighted by Gasteiger charge is 2.33. The second kappa shape index (κ2) is 6.74. The van der Waals surface area contributed by atoms with Crippen LogP contribution in [0, 0.1) is 6.92 Å². The number of imidazole rings is 1. The van der Waals surface area contributed by atoms with E-state index in [1.807, 2.05) is 0 Å². The third-order valence-corrected chi connectivity index (χ3v) is 3.90. The number of hydrogen-bond acceptors (Lipinski definition) is 3. The van der Waals surface area contributed by atoms with Crippen molar-refractivity contribution in [2.45, 2.75) is 26.6 Å². The average Bonchev–Trinajstić information content (AvgIpc) is 2.75. The van der Waals surface area contributed by atoms with Crippen molar-refractivity contribution >= 4 is 21.9 Å². The van der Waals surface area contributed by atoms with Gasteiger partial charge in [-0.2, -0.15) is 13.2 Å². The molecule has 0 aliphatic carbocycles. The van der Waals surface area contributed by atoms with Gasteiger partial charge in [0.1, 0.15) is 0 Å². The van der Waals surface area contributed by atoms with E-state index < -0.39 is 17.7 Å². The van der Waals surface area contributed by atoms with Crippen molar-refractivity contribution in [2.75, 3.05) is 6.61 Å². The first kappa shape index (κ1) is 17.5. The van der Waals surface area contributed by atoms with Crippen molar-refractivity contribution in [1.82, 2.24) is 9.55 Å². The second-order valence-electron chi connectivity index (χ2n) is 4.78. The van der Waals surface area contributed by atoms with Crippen LogP contribution in [-0.2, 0) is 17.5 Å². The number of rotatable bonds is 4. The lowest BCUT2D eigenvalue weighted by Crippen LogP contribution is -2.13. The summed E-state index contributed by atoms with van der Waals surface area (Å²) in [5, 5.41) is 0. The largest absolute Gasteiger partial charge is 0.461 e. The van der Waals surface area contributed by atoms with Crippen molar-refractivity contribution in [3.8, 4) is 0 Å². The molecule has 8 heteroatoms. The smallest absolute Gasteiger partial charge is 0.416 e. The number of esters is 1. The van der Waals surface area contributed by atoms with Gasteiger partial charge in [-0.05, 0) is 41.4 Å². The number of carbonyl (C=O) groups excluding carboxylic acids is 1. The Morgan fingerprint density at radius 3 is 2.61 bits per heavy atom. The van der Waals surface area contributed by atoms with Crippen LogP contribution in [0.15, 0.2) is 29.0 Å². The van der Waals surface area contributed by atoms with Gasteiger partial charge in [-0.25, -0.2) is 9.78 Å². The van der Waals surface area contributed by atoms with Crippen molar-refractivity contribution in [3.63, 3.8) is 0 Å². The SMILES string of the molecule is CCOC(=O)c1nc(Br)n(Cc2ccccc2C(F)(F)F)c1C. The van der Waals surface area contributed by atoms with Gasteiger partial charge in [0, 0.05) is 0 Å². The molecular formula is C15H14BrF3N2O2. The molecule has 124 valence electrons. The standard InChI is InChI=1S/C15H14BrF3N2O2/c1-3-23-13(22)12-9(2)21(14(16)20-12)8-10-6-4-5-7-11(10)15(17,18)19/h4-7H,3,8H2,1-2H3. The zero-order valence-corrected chi connectivity index (χ0v) is 14.0. The topological polar surface area (TPSA) is 44.1 Å². The Kier molecular flexibility index (Phi) is 5.13. The zero-order chi connectivity index (χ0) is 17.2. The summed E-state index contributed by atoms with van der Waals surface area (Å²) < 4.78 is 45.9. The molecule has 0 aliphatic heterocycles. The molecular weight excluding hydrogens is 377 g/mol. The Bertz CT molecular complexity index is 726. The lowest BCUT2D eigenvalue weighted by atomic mass is 10.1. The van der Waals surface area contributed by atoms with Gasteiger partial charge in [0.25, 0.3) is 0 Å². The lowest BCUT2D eigenvalue weighted by Gasteiger charge is -2.14. The number of carbonyl (C=O) groups is 1. The third-order valence-electron chi connectivity index (χ3n) is 3.29. The maximum absolute atomic E-state index is 13.1. The molecule has 0 spiro atoms. The van der Waals surface area contributed by atoms with Crippen LogP contribution < -0.4 is 0 Å². The molecule has 0 atom stereocenters. The number of ether oxygens (including phenoxy) is 1. The van der Waals surface area contributed by atoms with Gasteiger partial charge in [0.2, 0.25) is 0 Å². The number of nitrogens with zero attached hydrogens (tertiary/aromatic N) is 2. The first-order chi connectivity index (χ1) is 10.8. The molecule has 1 aromatic heterocycles. The van der Waals surface area contributed by atoms with Gasteiger partial charge in [-0.15, -0.1) is 0 Å². The van der Waals surface area contributed by atoms with Crippen LogP contribution in [0.3, 0.4) is 0 Å². The predicted octanol–water partition coefficient (Wildman–Crippen LogP) is 4.20. The van der Waals surface area contributed by atoms with Crippen molar-refractivity contribution < 1.29 is 22.7 Å². The molecule has 0 unspecified atom stereocenters. The van der Waals surface area contributed by atoms with E-state index >= 15 is 0 Å². The van der Waals surface area contributed by atoms with E-state index in [1.54, 1.807) is 13.8 Å². The number of aromatic nitrogens is 2. The molecule has 0 saturated heterocycles. The van der Waals surface area contributed by atoms with E-state index in [0.29, 0.717) is 5.69 Å². The molecule has 1 heterocycles. The average molecular weight is 391 g/mol. The molecule has 2 rings (SSSR count). The number of halogens is 4. The Labute approximate surface area is 139 Å². The number of hydrogen-bond donors (Lipinski definition) is 0. The maximum Gasteiger partial charge on any atom is 0.416 e. The molecule has 0 fully saturated rings. The summed E-state index contributed by atoms with van der Waals surface area (Å²) in [6.45, 7) is 3.41. The van der Waals surface area contributed by atoms with Gasteiger partial charge in [-0.1, -0.05) is 18.2 Å². The van der Waals surface area contributed by atoms with Crippen LogP contribution in [0.2, 0.25) is 0 Å². The highest BCUT2D eigenvalue weighted by molar-refractivity contribution is 9.10. The van der Waals surface area contributed by atoms with Crippen LogP contribution in [0.5, 0.6) is 0 Å². The van der Waals surface area contributed by atoms with Crippen LogP contribution in [-0.4, -0.2) is 22.1 Å². The molecule has 4 nitrogen and oxygen atoms in total. The highest BCUT2D eigenvalue weighted by atomic mass is 79.9. The van der Waals surface area contributed by atoms with E-state index in [4.69, 9.17) is 4.74 Å². The van der Waals surface area contributed by atoms with Crippen molar-refractivity contribution in [1.29, 1.82) is 0 Å². The van der Waals surface area contributed by atoms with E-state index in [-0.39, 0.29) is 29.1 Å². The van der Waals surface area contributed by atoms with E-state index in [9.17, 15) is 18.0 Å². The summed E-state index contributed by atoms with van der Waals surface area (Å²) in [5.74, 6) is -0.603. The van der Waals surface area contributed by atoms with Crippen LogP contribution in [0.1, 0.15) is 34.2 Å². The second-order valence-corrected chi connectivity index (χ2v) is 5.49. The van der Waals surface area contributed by atoms with Gasteiger partial charge in [0.05, 0.1) is 24.4 Å². The maximum atomic E-state index is 13.1. The minimum absolute atomic E-state index is 0.0610. The summed E-state index contributed by atoms with van der Waals surface area (Å²) in [6, 6.07) is 5.31. The van der Waals surface area contributed by atoms with E-state index in [2.05, 4.69) is 20.9 Å². The summed E-state index contributed by atoms with van der Waals surface area (Å²) in [6.07, 6.45) is -4.44. The summed E-state index contributed by atoms with van der Waals surface area (Å²) in [7, 11) is 0. The first-order valence-corrected chi connectivity index (χ1v) is 7.59. The third kappa shape index (κ3) is 3.74. The van der Waals surface area contributed by atoms with Gasteiger partial charge in [0.15, 0.2) is 10.4 Å². The van der Waals surface area contributed by atoms with Gasteiger partial charge >= 0.3 is 12.1 Å².